The maximum Gasteiger partial charge on any atom is 0.262 e. The Morgan fingerprint density at radius 1 is 0.920 bits per heavy atom. The minimum absolute atomic E-state index is 0.145. The molecule has 25 heavy (non-hydrogen) atoms. The highest BCUT2D eigenvalue weighted by molar-refractivity contribution is 5.95. The van der Waals surface area contributed by atoms with E-state index in [0.29, 0.717) is 29.5 Å². The second-order valence-electron chi connectivity index (χ2n) is 5.38. The number of hydrogen-bond acceptors (Lipinski definition) is 4. The standard InChI is InChI=1S/C19H22N2O4/c1-4-24-17-10-5-6-11-18(17)25-12-19(23)21-16-9-7-8-15(13(16)2)20-14(3)22/h5-11H,4,12H2,1-3H3,(H,20,22)(H,21,23). The van der Waals surface area contributed by atoms with Crippen molar-refractivity contribution >= 4 is 23.2 Å². The predicted molar refractivity (Wildman–Crippen MR) is 97.2 cm³/mol. The van der Waals surface area contributed by atoms with Crippen LogP contribution in [0, 0.1) is 6.92 Å². The molecular formula is C19H22N2O4. The minimum Gasteiger partial charge on any atom is -0.490 e. The Kier molecular flexibility index (Phi) is 6.39. The van der Waals surface area contributed by atoms with Gasteiger partial charge >= 0.3 is 0 Å². The molecule has 6 nitrogen and oxygen atoms in total. The first-order chi connectivity index (χ1) is 12.0. The van der Waals surface area contributed by atoms with Gasteiger partial charge in [-0.1, -0.05) is 18.2 Å². The second kappa shape index (κ2) is 8.73. The van der Waals surface area contributed by atoms with Crippen LogP contribution in [0.2, 0.25) is 0 Å². The van der Waals surface area contributed by atoms with Gasteiger partial charge in [0, 0.05) is 18.3 Å². The van der Waals surface area contributed by atoms with Crippen LogP contribution in [0.5, 0.6) is 11.5 Å². The van der Waals surface area contributed by atoms with Crippen molar-refractivity contribution in [2.75, 3.05) is 23.8 Å². The zero-order chi connectivity index (χ0) is 18.2. The van der Waals surface area contributed by atoms with E-state index in [1.54, 1.807) is 30.3 Å². The van der Waals surface area contributed by atoms with E-state index in [9.17, 15) is 9.59 Å². The van der Waals surface area contributed by atoms with Crippen LogP contribution in [0.25, 0.3) is 0 Å². The third kappa shape index (κ3) is 5.24. The van der Waals surface area contributed by atoms with Crippen LogP contribution < -0.4 is 20.1 Å². The van der Waals surface area contributed by atoms with E-state index in [1.807, 2.05) is 26.0 Å². The first-order valence-corrected chi connectivity index (χ1v) is 8.03. The van der Waals surface area contributed by atoms with Crippen molar-refractivity contribution in [1.29, 1.82) is 0 Å². The molecule has 132 valence electrons. The smallest absolute Gasteiger partial charge is 0.262 e. The largest absolute Gasteiger partial charge is 0.490 e. The van der Waals surface area contributed by atoms with Gasteiger partial charge in [0.15, 0.2) is 18.1 Å². The number of anilines is 2. The van der Waals surface area contributed by atoms with E-state index in [0.717, 1.165) is 5.56 Å². The summed E-state index contributed by atoms with van der Waals surface area (Å²) in [5.41, 5.74) is 2.06. The highest BCUT2D eigenvalue weighted by atomic mass is 16.5. The molecule has 0 heterocycles. The molecule has 0 fully saturated rings. The monoisotopic (exact) mass is 342 g/mol. The Bertz CT molecular complexity index is 759. The third-order valence-electron chi connectivity index (χ3n) is 3.43. The summed E-state index contributed by atoms with van der Waals surface area (Å²) in [4.78, 5) is 23.4. The molecule has 6 heteroatoms. The Balaban J connectivity index is 2.00. The van der Waals surface area contributed by atoms with Gasteiger partial charge < -0.3 is 20.1 Å². The zero-order valence-electron chi connectivity index (χ0n) is 14.6. The molecule has 2 aromatic carbocycles. The number of amides is 2. The molecule has 0 bridgehead atoms. The molecule has 2 N–H and O–H groups in total. The van der Waals surface area contributed by atoms with E-state index in [-0.39, 0.29) is 18.4 Å². The predicted octanol–water partition coefficient (Wildman–Crippen LogP) is 3.37. The van der Waals surface area contributed by atoms with Crippen molar-refractivity contribution in [3.8, 4) is 11.5 Å². The van der Waals surface area contributed by atoms with Crippen LogP contribution in [0.4, 0.5) is 11.4 Å². The first-order valence-electron chi connectivity index (χ1n) is 8.03. The average molecular weight is 342 g/mol. The fourth-order valence-corrected chi connectivity index (χ4v) is 2.27. The summed E-state index contributed by atoms with van der Waals surface area (Å²) in [5.74, 6) is 0.654. The number of ether oxygens (including phenoxy) is 2. The lowest BCUT2D eigenvalue weighted by Crippen LogP contribution is -2.21. The van der Waals surface area contributed by atoms with Crippen molar-refractivity contribution in [2.24, 2.45) is 0 Å². The lowest BCUT2D eigenvalue weighted by Gasteiger charge is -2.14. The number of nitrogens with one attached hydrogen (secondary N) is 2. The van der Waals surface area contributed by atoms with Gasteiger partial charge in [0.1, 0.15) is 0 Å². The number of para-hydroxylation sites is 2. The average Bonchev–Trinajstić information content (AvgIpc) is 2.57. The lowest BCUT2D eigenvalue weighted by molar-refractivity contribution is -0.118. The molecule has 0 aliphatic carbocycles. The molecular weight excluding hydrogens is 320 g/mol. The number of hydrogen-bond donors (Lipinski definition) is 2. The molecule has 0 aliphatic heterocycles. The number of carbonyl (C=O) groups excluding carboxylic acids is 2. The van der Waals surface area contributed by atoms with Crippen LogP contribution >= 0.6 is 0 Å². The van der Waals surface area contributed by atoms with E-state index < -0.39 is 0 Å². The van der Waals surface area contributed by atoms with Gasteiger partial charge in [-0.2, -0.15) is 0 Å². The van der Waals surface area contributed by atoms with Crippen LogP contribution in [-0.2, 0) is 9.59 Å². The van der Waals surface area contributed by atoms with Crippen molar-refractivity contribution in [2.45, 2.75) is 20.8 Å². The molecule has 0 spiro atoms. The molecule has 0 radical (unpaired) electrons. The van der Waals surface area contributed by atoms with Gasteiger partial charge in [0.05, 0.1) is 6.61 Å². The molecule has 2 amide bonds. The fourth-order valence-electron chi connectivity index (χ4n) is 2.27. The normalized spacial score (nSPS) is 10.0. The minimum atomic E-state index is -0.297. The Labute approximate surface area is 147 Å². The van der Waals surface area contributed by atoms with Crippen molar-refractivity contribution < 1.29 is 19.1 Å². The topological polar surface area (TPSA) is 76.7 Å². The summed E-state index contributed by atoms with van der Waals surface area (Å²) in [6.45, 7) is 5.52. The maximum atomic E-state index is 12.2. The molecule has 0 aromatic heterocycles. The Morgan fingerprint density at radius 2 is 1.52 bits per heavy atom. The Morgan fingerprint density at radius 3 is 2.12 bits per heavy atom. The first kappa shape index (κ1) is 18.3. The van der Waals surface area contributed by atoms with E-state index in [4.69, 9.17) is 9.47 Å². The molecule has 0 saturated carbocycles. The number of benzene rings is 2. The van der Waals surface area contributed by atoms with E-state index >= 15 is 0 Å². The van der Waals surface area contributed by atoms with Crippen molar-refractivity contribution in [3.63, 3.8) is 0 Å². The van der Waals surface area contributed by atoms with Gasteiger partial charge in [-0.05, 0) is 43.7 Å². The van der Waals surface area contributed by atoms with Crippen LogP contribution in [-0.4, -0.2) is 25.0 Å². The maximum absolute atomic E-state index is 12.2. The summed E-state index contributed by atoms with van der Waals surface area (Å²) >= 11 is 0. The molecule has 0 unspecified atom stereocenters. The summed E-state index contributed by atoms with van der Waals surface area (Å²) < 4.78 is 11.0. The molecule has 2 rings (SSSR count). The summed E-state index contributed by atoms with van der Waals surface area (Å²) in [6.07, 6.45) is 0. The molecule has 0 saturated heterocycles. The highest BCUT2D eigenvalue weighted by Crippen LogP contribution is 2.27. The van der Waals surface area contributed by atoms with E-state index in [2.05, 4.69) is 10.6 Å². The summed E-state index contributed by atoms with van der Waals surface area (Å²) in [5, 5.41) is 5.52. The molecule has 2 aromatic rings. The highest BCUT2D eigenvalue weighted by Gasteiger charge is 2.10. The zero-order valence-corrected chi connectivity index (χ0v) is 14.6. The quantitative estimate of drug-likeness (QED) is 0.809. The number of rotatable bonds is 7. The summed E-state index contributed by atoms with van der Waals surface area (Å²) in [6, 6.07) is 12.5. The van der Waals surface area contributed by atoms with Gasteiger partial charge in [0.25, 0.3) is 5.91 Å². The lowest BCUT2D eigenvalue weighted by atomic mass is 10.1. The third-order valence-corrected chi connectivity index (χ3v) is 3.43. The van der Waals surface area contributed by atoms with Gasteiger partial charge in [0.2, 0.25) is 5.91 Å². The molecule has 0 aliphatic rings. The van der Waals surface area contributed by atoms with Gasteiger partial charge in [-0.3, -0.25) is 9.59 Å². The van der Waals surface area contributed by atoms with Crippen LogP contribution in [0.15, 0.2) is 42.5 Å². The van der Waals surface area contributed by atoms with Crippen LogP contribution in [0.1, 0.15) is 19.4 Å². The number of carbonyl (C=O) groups is 2. The molecule has 0 atom stereocenters. The summed E-state index contributed by atoms with van der Waals surface area (Å²) in [7, 11) is 0. The van der Waals surface area contributed by atoms with Gasteiger partial charge in [-0.15, -0.1) is 0 Å². The SMILES string of the molecule is CCOc1ccccc1OCC(=O)Nc1cccc(NC(C)=O)c1C. The van der Waals surface area contributed by atoms with Crippen molar-refractivity contribution in [1.82, 2.24) is 0 Å². The van der Waals surface area contributed by atoms with E-state index in [1.165, 1.54) is 6.92 Å². The van der Waals surface area contributed by atoms with Crippen molar-refractivity contribution in [3.05, 3.63) is 48.0 Å². The fraction of sp³-hybridized carbons (Fsp3) is 0.263. The Hall–Kier alpha value is -3.02. The van der Waals surface area contributed by atoms with Gasteiger partial charge in [-0.25, -0.2) is 0 Å². The van der Waals surface area contributed by atoms with Crippen LogP contribution in [0.3, 0.4) is 0 Å². The second-order valence-corrected chi connectivity index (χ2v) is 5.38.